The molecule has 2 fully saturated rings. The van der Waals surface area contributed by atoms with E-state index in [-0.39, 0.29) is 36.4 Å². The van der Waals surface area contributed by atoms with Gasteiger partial charge in [0.2, 0.25) is 11.8 Å². The van der Waals surface area contributed by atoms with Crippen LogP contribution in [0.2, 0.25) is 0 Å². The standard InChI is InChI=1S/C20H31N5O2.HI/c1-2-21-20(24-15-19(26)25-11-5-6-12-25)23-14-16-9-10-22-18(13-16)27-17-7-3-4-8-17;/h9-10,13,17H,2-8,11-12,14-15H2,1H3,(H2,21,23,24);1H. The number of likely N-dealkylation sites (tertiary alicyclic amines) is 1. The molecule has 156 valence electrons. The molecule has 1 aliphatic heterocycles. The van der Waals surface area contributed by atoms with E-state index in [1.54, 1.807) is 6.20 Å². The van der Waals surface area contributed by atoms with E-state index in [1.165, 1.54) is 12.8 Å². The molecule has 28 heavy (non-hydrogen) atoms. The highest BCUT2D eigenvalue weighted by atomic mass is 127. The van der Waals surface area contributed by atoms with E-state index in [0.717, 1.165) is 50.9 Å². The second-order valence-corrected chi connectivity index (χ2v) is 7.16. The van der Waals surface area contributed by atoms with Crippen LogP contribution in [0.25, 0.3) is 0 Å². The molecule has 7 nitrogen and oxygen atoms in total. The van der Waals surface area contributed by atoms with Crippen LogP contribution in [0.4, 0.5) is 0 Å². The van der Waals surface area contributed by atoms with Gasteiger partial charge in [0, 0.05) is 31.9 Å². The van der Waals surface area contributed by atoms with Crippen molar-refractivity contribution in [1.82, 2.24) is 20.5 Å². The van der Waals surface area contributed by atoms with Gasteiger partial charge in [-0.25, -0.2) is 9.98 Å². The van der Waals surface area contributed by atoms with Crippen molar-refractivity contribution in [3.8, 4) is 5.88 Å². The molecule has 3 rings (SSSR count). The Hall–Kier alpha value is -1.58. The van der Waals surface area contributed by atoms with Crippen molar-refractivity contribution in [3.05, 3.63) is 23.9 Å². The summed E-state index contributed by atoms with van der Waals surface area (Å²) in [6.07, 6.45) is 8.98. The first-order chi connectivity index (χ1) is 13.2. The van der Waals surface area contributed by atoms with Crippen molar-refractivity contribution in [2.24, 2.45) is 4.99 Å². The predicted octanol–water partition coefficient (Wildman–Crippen LogP) is 2.70. The molecule has 2 N–H and O–H groups in total. The monoisotopic (exact) mass is 501 g/mol. The summed E-state index contributed by atoms with van der Waals surface area (Å²) in [4.78, 5) is 23.0. The fraction of sp³-hybridized carbons (Fsp3) is 0.650. The Morgan fingerprint density at radius 1 is 1.25 bits per heavy atom. The Labute approximate surface area is 184 Å². The smallest absolute Gasteiger partial charge is 0.241 e. The average Bonchev–Trinajstić information content (AvgIpc) is 3.38. The summed E-state index contributed by atoms with van der Waals surface area (Å²) in [6.45, 7) is 5.29. The zero-order valence-electron chi connectivity index (χ0n) is 16.7. The third-order valence-electron chi connectivity index (χ3n) is 5.02. The van der Waals surface area contributed by atoms with Gasteiger partial charge in [-0.2, -0.15) is 0 Å². The largest absolute Gasteiger partial charge is 0.474 e. The third kappa shape index (κ3) is 7.10. The van der Waals surface area contributed by atoms with Crippen molar-refractivity contribution in [2.75, 3.05) is 26.2 Å². The molecule has 2 aliphatic rings. The molecule has 1 amide bonds. The van der Waals surface area contributed by atoms with E-state index in [1.807, 2.05) is 24.0 Å². The lowest BCUT2D eigenvalue weighted by Gasteiger charge is -2.17. The SMILES string of the molecule is CCNC(=NCc1ccnc(OC2CCCC2)c1)NCC(=O)N1CCCC1.I. The number of rotatable bonds is 7. The van der Waals surface area contributed by atoms with Gasteiger partial charge in [-0.05, 0) is 57.1 Å². The van der Waals surface area contributed by atoms with Crippen LogP contribution in [-0.4, -0.2) is 54.0 Å². The first-order valence-corrected chi connectivity index (χ1v) is 10.2. The van der Waals surface area contributed by atoms with Crippen LogP contribution in [-0.2, 0) is 11.3 Å². The Balaban J connectivity index is 0.00000280. The van der Waals surface area contributed by atoms with Crippen LogP contribution in [0, 0.1) is 0 Å². The second kappa shape index (κ2) is 12.1. The number of carbonyl (C=O) groups excluding carboxylic acids is 1. The number of aliphatic imine (C=N–C) groups is 1. The molecule has 1 aromatic rings. The quantitative estimate of drug-likeness (QED) is 0.341. The molecule has 0 spiro atoms. The summed E-state index contributed by atoms with van der Waals surface area (Å²) in [6, 6.07) is 3.91. The van der Waals surface area contributed by atoms with E-state index in [9.17, 15) is 4.79 Å². The summed E-state index contributed by atoms with van der Waals surface area (Å²) >= 11 is 0. The first-order valence-electron chi connectivity index (χ1n) is 10.2. The van der Waals surface area contributed by atoms with E-state index < -0.39 is 0 Å². The molecule has 0 radical (unpaired) electrons. The highest BCUT2D eigenvalue weighted by Crippen LogP contribution is 2.23. The van der Waals surface area contributed by atoms with Gasteiger partial charge in [-0.3, -0.25) is 4.79 Å². The Bertz CT molecular complexity index is 643. The van der Waals surface area contributed by atoms with Gasteiger partial charge in [0.1, 0.15) is 6.10 Å². The summed E-state index contributed by atoms with van der Waals surface area (Å²) in [7, 11) is 0. The highest BCUT2D eigenvalue weighted by Gasteiger charge is 2.18. The average molecular weight is 501 g/mol. The fourth-order valence-electron chi connectivity index (χ4n) is 3.54. The second-order valence-electron chi connectivity index (χ2n) is 7.16. The number of hydrogen-bond donors (Lipinski definition) is 2. The molecule has 0 unspecified atom stereocenters. The number of aromatic nitrogens is 1. The number of amides is 1. The highest BCUT2D eigenvalue weighted by molar-refractivity contribution is 14.0. The zero-order valence-corrected chi connectivity index (χ0v) is 19.0. The molecule has 0 atom stereocenters. The lowest BCUT2D eigenvalue weighted by atomic mass is 10.2. The molecule has 1 aromatic heterocycles. The predicted molar refractivity (Wildman–Crippen MR) is 121 cm³/mol. The van der Waals surface area contributed by atoms with E-state index in [4.69, 9.17) is 4.74 Å². The van der Waals surface area contributed by atoms with Gasteiger partial charge in [0.25, 0.3) is 0 Å². The summed E-state index contributed by atoms with van der Waals surface area (Å²) in [5.74, 6) is 1.46. The Morgan fingerprint density at radius 2 is 2.00 bits per heavy atom. The molecule has 2 heterocycles. The summed E-state index contributed by atoms with van der Waals surface area (Å²) in [5, 5.41) is 6.34. The number of guanidine groups is 1. The van der Waals surface area contributed by atoms with Gasteiger partial charge < -0.3 is 20.3 Å². The number of halogens is 1. The topological polar surface area (TPSA) is 78.9 Å². The zero-order chi connectivity index (χ0) is 18.9. The minimum absolute atomic E-state index is 0. The van der Waals surface area contributed by atoms with E-state index in [2.05, 4.69) is 20.6 Å². The molecular weight excluding hydrogens is 469 g/mol. The van der Waals surface area contributed by atoms with Gasteiger partial charge >= 0.3 is 0 Å². The van der Waals surface area contributed by atoms with Crippen LogP contribution in [0.1, 0.15) is 51.0 Å². The van der Waals surface area contributed by atoms with Gasteiger partial charge in [-0.15, -0.1) is 24.0 Å². The number of pyridine rings is 1. The summed E-state index contributed by atoms with van der Waals surface area (Å²) < 4.78 is 5.97. The molecule has 1 saturated carbocycles. The minimum Gasteiger partial charge on any atom is -0.474 e. The maximum absolute atomic E-state index is 12.2. The molecule has 1 saturated heterocycles. The van der Waals surface area contributed by atoms with Crippen LogP contribution >= 0.6 is 24.0 Å². The van der Waals surface area contributed by atoms with Gasteiger partial charge in [-0.1, -0.05) is 0 Å². The molecule has 0 aromatic carbocycles. The third-order valence-corrected chi connectivity index (χ3v) is 5.02. The lowest BCUT2D eigenvalue weighted by Crippen LogP contribution is -2.44. The van der Waals surface area contributed by atoms with Crippen LogP contribution in [0.5, 0.6) is 5.88 Å². The molecule has 1 aliphatic carbocycles. The summed E-state index contributed by atoms with van der Waals surface area (Å²) in [5.41, 5.74) is 1.04. The lowest BCUT2D eigenvalue weighted by molar-refractivity contribution is -0.128. The number of hydrogen-bond acceptors (Lipinski definition) is 4. The maximum Gasteiger partial charge on any atom is 0.241 e. The van der Waals surface area contributed by atoms with Gasteiger partial charge in [0.15, 0.2) is 5.96 Å². The molecule has 8 heteroatoms. The van der Waals surface area contributed by atoms with Crippen molar-refractivity contribution in [1.29, 1.82) is 0 Å². The number of ether oxygens (including phenoxy) is 1. The number of nitrogens with zero attached hydrogens (tertiary/aromatic N) is 3. The maximum atomic E-state index is 12.2. The Kier molecular flexibility index (Phi) is 9.80. The van der Waals surface area contributed by atoms with Crippen molar-refractivity contribution in [2.45, 2.75) is 58.1 Å². The normalized spacial score (nSPS) is 17.3. The van der Waals surface area contributed by atoms with Crippen molar-refractivity contribution >= 4 is 35.8 Å². The fourth-order valence-corrected chi connectivity index (χ4v) is 3.54. The van der Waals surface area contributed by atoms with Gasteiger partial charge in [0.05, 0.1) is 13.1 Å². The van der Waals surface area contributed by atoms with Crippen molar-refractivity contribution < 1.29 is 9.53 Å². The minimum atomic E-state index is 0. The molecular formula is C20H32IN5O2. The number of carbonyl (C=O) groups is 1. The van der Waals surface area contributed by atoms with Crippen LogP contribution in [0.15, 0.2) is 23.3 Å². The van der Waals surface area contributed by atoms with E-state index >= 15 is 0 Å². The molecule has 0 bridgehead atoms. The van der Waals surface area contributed by atoms with Crippen LogP contribution < -0.4 is 15.4 Å². The van der Waals surface area contributed by atoms with Crippen LogP contribution in [0.3, 0.4) is 0 Å². The van der Waals surface area contributed by atoms with E-state index in [0.29, 0.717) is 24.5 Å². The first kappa shape index (κ1) is 22.7. The Morgan fingerprint density at radius 3 is 2.71 bits per heavy atom. The van der Waals surface area contributed by atoms with Crippen molar-refractivity contribution in [3.63, 3.8) is 0 Å². The number of nitrogens with one attached hydrogen (secondary N) is 2.